The van der Waals surface area contributed by atoms with Gasteiger partial charge in [-0.1, -0.05) is 91.5 Å². The first-order valence-corrected chi connectivity index (χ1v) is 13.9. The molecule has 1 amide bonds. The molecule has 0 spiro atoms. The van der Waals surface area contributed by atoms with E-state index >= 15 is 0 Å². The lowest BCUT2D eigenvalue weighted by atomic mass is 9.98. The van der Waals surface area contributed by atoms with Gasteiger partial charge < -0.3 is 29.7 Å². The van der Waals surface area contributed by atoms with Crippen molar-refractivity contribution in [3.63, 3.8) is 0 Å². The lowest BCUT2D eigenvalue weighted by Gasteiger charge is -2.39. The van der Waals surface area contributed by atoms with Crippen LogP contribution in [0.3, 0.4) is 0 Å². The Labute approximate surface area is 242 Å². The minimum absolute atomic E-state index is 0.0141. The van der Waals surface area contributed by atoms with Gasteiger partial charge in [-0.2, -0.15) is 0 Å². The molecule has 41 heavy (non-hydrogen) atoms. The largest absolute Gasteiger partial charge is 0.445 e. The summed E-state index contributed by atoms with van der Waals surface area (Å²) >= 11 is 0. The SMILES string of the molecule is C=CCOC(=O)NCc1ccc([C@H]2O[C@@H](CN(C)[C@H](C)[C@@H](O)c3ccccc3)C[C@@H](c3ccc(CO)cc3)O2)cc1. The number of hydrogen-bond acceptors (Lipinski definition) is 7. The Bertz CT molecular complexity index is 1230. The van der Waals surface area contributed by atoms with Gasteiger partial charge in [0.25, 0.3) is 0 Å². The van der Waals surface area contributed by atoms with Crippen LogP contribution in [0.25, 0.3) is 0 Å². The Morgan fingerprint density at radius 3 is 2.37 bits per heavy atom. The first-order valence-electron chi connectivity index (χ1n) is 13.9. The second-order valence-corrected chi connectivity index (χ2v) is 10.4. The van der Waals surface area contributed by atoms with E-state index < -0.39 is 18.5 Å². The molecular weight excluding hydrogens is 520 g/mol. The van der Waals surface area contributed by atoms with Crippen LogP contribution < -0.4 is 5.32 Å². The number of carbonyl (C=O) groups excluding carboxylic acids is 1. The van der Waals surface area contributed by atoms with Crippen LogP contribution >= 0.6 is 0 Å². The zero-order valence-corrected chi connectivity index (χ0v) is 23.7. The Balaban J connectivity index is 1.47. The molecule has 1 heterocycles. The number of benzene rings is 3. The third kappa shape index (κ3) is 8.48. The molecule has 0 bridgehead atoms. The maximum Gasteiger partial charge on any atom is 0.407 e. The fourth-order valence-electron chi connectivity index (χ4n) is 4.84. The van der Waals surface area contributed by atoms with Crippen LogP contribution in [0.1, 0.15) is 59.7 Å². The lowest BCUT2D eigenvalue weighted by molar-refractivity contribution is -0.253. The molecule has 0 saturated carbocycles. The van der Waals surface area contributed by atoms with Crippen molar-refractivity contribution in [2.45, 2.75) is 57.1 Å². The van der Waals surface area contributed by atoms with Gasteiger partial charge in [-0.05, 0) is 36.2 Å². The number of hydrogen-bond donors (Lipinski definition) is 3. The first kappa shape index (κ1) is 30.4. The number of rotatable bonds is 12. The monoisotopic (exact) mass is 560 g/mol. The van der Waals surface area contributed by atoms with E-state index in [4.69, 9.17) is 14.2 Å². The summed E-state index contributed by atoms with van der Waals surface area (Å²) < 4.78 is 17.9. The molecule has 0 radical (unpaired) electrons. The third-order valence-corrected chi connectivity index (χ3v) is 7.42. The van der Waals surface area contributed by atoms with Crippen molar-refractivity contribution in [2.24, 2.45) is 0 Å². The van der Waals surface area contributed by atoms with Crippen molar-refractivity contribution >= 4 is 6.09 Å². The third-order valence-electron chi connectivity index (χ3n) is 7.42. The summed E-state index contributed by atoms with van der Waals surface area (Å²) in [5.41, 5.74) is 4.51. The van der Waals surface area contributed by atoms with Crippen molar-refractivity contribution in [2.75, 3.05) is 20.2 Å². The molecule has 0 aromatic heterocycles. The van der Waals surface area contributed by atoms with Crippen molar-refractivity contribution in [1.29, 1.82) is 0 Å². The Kier molecular flexibility index (Phi) is 11.1. The predicted octanol–water partition coefficient (Wildman–Crippen LogP) is 5.19. The molecule has 218 valence electrons. The minimum Gasteiger partial charge on any atom is -0.445 e. The summed E-state index contributed by atoms with van der Waals surface area (Å²) in [5.74, 6) is 0. The van der Waals surface area contributed by atoms with Gasteiger partial charge in [0, 0.05) is 31.1 Å². The number of aliphatic hydroxyl groups is 2. The standard InChI is InChI=1S/C33H40N2O6/c1-4-18-39-33(38)34-20-24-10-16-28(17-11-24)32-40-29(19-30(41-32)26-14-12-25(22-36)13-15-26)21-35(3)23(2)31(37)27-8-6-5-7-9-27/h4-17,23,29-32,36-37H,1,18-22H2,2-3H3,(H,34,38)/t23-,29-,30+,31-,32+/m1/s1. The average molecular weight is 561 g/mol. The van der Waals surface area contributed by atoms with E-state index in [2.05, 4.69) is 16.8 Å². The van der Waals surface area contributed by atoms with Gasteiger partial charge in [0.1, 0.15) is 6.61 Å². The molecule has 1 aliphatic rings. The highest BCUT2D eigenvalue weighted by molar-refractivity contribution is 5.67. The topological polar surface area (TPSA) is 100 Å². The van der Waals surface area contributed by atoms with Crippen LogP contribution in [0.4, 0.5) is 4.79 Å². The highest BCUT2D eigenvalue weighted by atomic mass is 16.7. The molecule has 4 rings (SSSR count). The van der Waals surface area contributed by atoms with E-state index in [1.165, 1.54) is 6.08 Å². The van der Waals surface area contributed by atoms with Crippen molar-refractivity contribution in [3.8, 4) is 0 Å². The fraction of sp³-hybridized carbons (Fsp3) is 0.364. The second-order valence-electron chi connectivity index (χ2n) is 10.4. The van der Waals surface area contributed by atoms with Gasteiger partial charge in [0.2, 0.25) is 0 Å². The van der Waals surface area contributed by atoms with Crippen LogP contribution in [-0.4, -0.2) is 53.6 Å². The summed E-state index contributed by atoms with van der Waals surface area (Å²) in [6, 6.07) is 25.1. The van der Waals surface area contributed by atoms with Crippen LogP contribution in [0.5, 0.6) is 0 Å². The Hall–Kier alpha value is -3.53. The van der Waals surface area contributed by atoms with Crippen LogP contribution in [-0.2, 0) is 27.4 Å². The summed E-state index contributed by atoms with van der Waals surface area (Å²) in [6.07, 6.45) is 0.0588. The van der Waals surface area contributed by atoms with Crippen molar-refractivity contribution < 1.29 is 29.2 Å². The number of ether oxygens (including phenoxy) is 3. The van der Waals surface area contributed by atoms with E-state index in [1.807, 2.05) is 92.8 Å². The molecule has 0 aliphatic carbocycles. The number of carbonyl (C=O) groups is 1. The van der Waals surface area contributed by atoms with Gasteiger partial charge in [-0.25, -0.2) is 4.79 Å². The predicted molar refractivity (Wildman–Crippen MR) is 157 cm³/mol. The normalized spacial score (nSPS) is 20.3. The van der Waals surface area contributed by atoms with E-state index in [0.29, 0.717) is 19.5 Å². The Morgan fingerprint density at radius 1 is 1.05 bits per heavy atom. The molecule has 0 unspecified atom stereocenters. The molecule has 5 atom stereocenters. The highest BCUT2D eigenvalue weighted by Gasteiger charge is 2.34. The molecule has 1 saturated heterocycles. The van der Waals surface area contributed by atoms with Gasteiger partial charge in [0.05, 0.1) is 24.9 Å². The molecule has 3 aromatic rings. The quantitative estimate of drug-likeness (QED) is 0.262. The molecular formula is C33H40N2O6. The zero-order chi connectivity index (χ0) is 29.2. The summed E-state index contributed by atoms with van der Waals surface area (Å²) in [6.45, 7) is 6.62. The van der Waals surface area contributed by atoms with Gasteiger partial charge in [0.15, 0.2) is 6.29 Å². The number of nitrogens with one attached hydrogen (secondary N) is 1. The summed E-state index contributed by atoms with van der Waals surface area (Å²) in [7, 11) is 2.00. The summed E-state index contributed by atoms with van der Waals surface area (Å²) in [5, 5.41) is 23.2. The summed E-state index contributed by atoms with van der Waals surface area (Å²) in [4.78, 5) is 13.9. The molecule has 1 fully saturated rings. The Morgan fingerprint density at radius 2 is 1.71 bits per heavy atom. The van der Waals surface area contributed by atoms with Crippen molar-refractivity contribution in [3.05, 3.63) is 119 Å². The van der Waals surface area contributed by atoms with E-state index in [0.717, 1.165) is 27.8 Å². The van der Waals surface area contributed by atoms with Gasteiger partial charge >= 0.3 is 6.09 Å². The molecule has 8 nitrogen and oxygen atoms in total. The maximum atomic E-state index is 11.7. The lowest BCUT2D eigenvalue weighted by Crippen LogP contribution is -2.43. The first-order chi connectivity index (χ1) is 19.9. The maximum absolute atomic E-state index is 11.7. The fourth-order valence-corrected chi connectivity index (χ4v) is 4.84. The van der Waals surface area contributed by atoms with Crippen LogP contribution in [0.2, 0.25) is 0 Å². The van der Waals surface area contributed by atoms with E-state index in [9.17, 15) is 15.0 Å². The number of likely N-dealkylation sites (N-methyl/N-ethyl adjacent to an activating group) is 1. The van der Waals surface area contributed by atoms with Crippen molar-refractivity contribution in [1.82, 2.24) is 10.2 Å². The number of amides is 1. The second kappa shape index (κ2) is 14.9. The van der Waals surface area contributed by atoms with Gasteiger partial charge in [-0.15, -0.1) is 0 Å². The zero-order valence-electron chi connectivity index (χ0n) is 23.7. The minimum atomic E-state index is -0.631. The van der Waals surface area contributed by atoms with E-state index in [1.54, 1.807) is 0 Å². The van der Waals surface area contributed by atoms with E-state index in [-0.39, 0.29) is 31.5 Å². The molecule has 8 heteroatoms. The number of nitrogens with zero attached hydrogens (tertiary/aromatic N) is 1. The van der Waals surface area contributed by atoms with Crippen LogP contribution in [0.15, 0.2) is 91.5 Å². The number of alkyl carbamates (subject to hydrolysis) is 1. The smallest absolute Gasteiger partial charge is 0.407 e. The number of aliphatic hydroxyl groups excluding tert-OH is 2. The molecule has 3 N–H and O–H groups in total. The molecule has 3 aromatic carbocycles. The highest BCUT2D eigenvalue weighted by Crippen LogP contribution is 2.38. The van der Waals surface area contributed by atoms with Crippen LogP contribution in [0, 0.1) is 0 Å². The molecule has 1 aliphatic heterocycles. The van der Waals surface area contributed by atoms with Gasteiger partial charge in [-0.3, -0.25) is 4.90 Å². The average Bonchev–Trinajstić information content (AvgIpc) is 3.02.